The summed E-state index contributed by atoms with van der Waals surface area (Å²) in [5, 5.41) is 19.4. The van der Waals surface area contributed by atoms with Crippen LogP contribution in [0.3, 0.4) is 0 Å². The predicted molar refractivity (Wildman–Crippen MR) is 148 cm³/mol. The number of amidine groups is 1. The molecule has 7 nitrogen and oxygen atoms in total. The summed E-state index contributed by atoms with van der Waals surface area (Å²) in [7, 11) is 0. The van der Waals surface area contributed by atoms with Gasteiger partial charge in [0.1, 0.15) is 11.7 Å². The van der Waals surface area contributed by atoms with Crippen molar-refractivity contribution in [3.05, 3.63) is 53.4 Å². The highest BCUT2D eigenvalue weighted by atomic mass is 19.1. The summed E-state index contributed by atoms with van der Waals surface area (Å²) in [6.07, 6.45) is 6.69. The highest BCUT2D eigenvalue weighted by Crippen LogP contribution is 2.23. The SMILES string of the molecule is C=C(CC(C)(C)C)NCCNC1=C(C)C=C(C#N)CC(Nc2cnc(N(CC)CCCC)c(F)c2)=N1. The zero-order chi connectivity index (χ0) is 26.7. The van der Waals surface area contributed by atoms with Crippen LogP contribution in [0, 0.1) is 22.6 Å². The summed E-state index contributed by atoms with van der Waals surface area (Å²) in [6, 6.07) is 3.67. The average molecular weight is 496 g/mol. The molecule has 0 unspecified atom stereocenters. The molecule has 0 bridgehead atoms. The fourth-order valence-corrected chi connectivity index (χ4v) is 3.93. The summed E-state index contributed by atoms with van der Waals surface area (Å²) < 4.78 is 14.9. The second-order valence-electron chi connectivity index (χ2n) is 10.3. The molecule has 2 rings (SSSR count). The normalized spacial score (nSPS) is 13.8. The third-order valence-corrected chi connectivity index (χ3v) is 5.62. The summed E-state index contributed by atoms with van der Waals surface area (Å²) in [5.41, 5.74) is 3.12. The lowest BCUT2D eigenvalue weighted by molar-refractivity contribution is 0.398. The molecule has 0 atom stereocenters. The van der Waals surface area contributed by atoms with Gasteiger partial charge in [-0.2, -0.15) is 5.26 Å². The van der Waals surface area contributed by atoms with Gasteiger partial charge in [0.05, 0.1) is 18.0 Å². The standard InChI is InChI=1S/C28H42FN7/c1-8-10-13-36(9-2)27-24(29)16-23(19-33-27)34-25-15-22(18-30)14-20(3)26(35-25)32-12-11-31-21(4)17-28(5,6)7/h14,16,19,31-32H,4,8-13,15,17H2,1-3,5-7H3,(H,34,35). The molecular formula is C28H42FN7. The van der Waals surface area contributed by atoms with Crippen molar-refractivity contribution in [2.45, 2.75) is 67.2 Å². The predicted octanol–water partition coefficient (Wildman–Crippen LogP) is 5.87. The maximum absolute atomic E-state index is 14.9. The van der Waals surface area contributed by atoms with Crippen molar-refractivity contribution in [2.75, 3.05) is 36.4 Å². The van der Waals surface area contributed by atoms with Crippen LogP contribution in [0.15, 0.2) is 52.6 Å². The summed E-state index contributed by atoms with van der Waals surface area (Å²) in [5.74, 6) is 1.21. The first-order chi connectivity index (χ1) is 17.1. The maximum Gasteiger partial charge on any atom is 0.167 e. The minimum absolute atomic E-state index is 0.179. The van der Waals surface area contributed by atoms with Gasteiger partial charge in [0.15, 0.2) is 11.6 Å². The molecule has 1 aliphatic rings. The third-order valence-electron chi connectivity index (χ3n) is 5.62. The molecule has 0 fully saturated rings. The molecule has 0 amide bonds. The molecule has 36 heavy (non-hydrogen) atoms. The van der Waals surface area contributed by atoms with E-state index in [0.717, 1.165) is 37.1 Å². The minimum Gasteiger partial charge on any atom is -0.387 e. The van der Waals surface area contributed by atoms with Crippen molar-refractivity contribution in [1.29, 1.82) is 5.26 Å². The number of hydrogen-bond donors (Lipinski definition) is 3. The minimum atomic E-state index is -0.380. The number of hydrogen-bond acceptors (Lipinski definition) is 7. The van der Waals surface area contributed by atoms with Crippen LogP contribution >= 0.6 is 0 Å². The first kappa shape index (κ1) is 28.9. The van der Waals surface area contributed by atoms with Crippen LogP contribution in [0.5, 0.6) is 0 Å². The van der Waals surface area contributed by atoms with E-state index in [1.165, 1.54) is 6.07 Å². The van der Waals surface area contributed by atoms with Gasteiger partial charge in [-0.1, -0.05) is 40.7 Å². The molecule has 1 aromatic heterocycles. The molecule has 1 aliphatic heterocycles. The largest absolute Gasteiger partial charge is 0.387 e. The number of aromatic nitrogens is 1. The molecule has 2 heterocycles. The number of anilines is 2. The number of rotatable bonds is 12. The molecule has 0 spiro atoms. The number of halogens is 1. The van der Waals surface area contributed by atoms with Crippen molar-refractivity contribution in [2.24, 2.45) is 10.4 Å². The smallest absolute Gasteiger partial charge is 0.167 e. The lowest BCUT2D eigenvalue weighted by Gasteiger charge is -2.22. The van der Waals surface area contributed by atoms with E-state index in [0.29, 0.717) is 54.8 Å². The Labute approximate surface area is 216 Å². The zero-order valence-corrected chi connectivity index (χ0v) is 22.8. The Morgan fingerprint density at radius 1 is 1.28 bits per heavy atom. The van der Waals surface area contributed by atoms with E-state index in [-0.39, 0.29) is 11.2 Å². The quantitative estimate of drug-likeness (QED) is 0.314. The van der Waals surface area contributed by atoms with Crippen LogP contribution in [0.4, 0.5) is 15.9 Å². The van der Waals surface area contributed by atoms with Crippen LogP contribution < -0.4 is 20.9 Å². The Hall–Kier alpha value is -3.34. The summed E-state index contributed by atoms with van der Waals surface area (Å²) in [4.78, 5) is 11.1. The molecular weight excluding hydrogens is 453 g/mol. The fraction of sp³-hybridized carbons (Fsp3) is 0.536. The Balaban J connectivity index is 2.11. The van der Waals surface area contributed by atoms with Crippen molar-refractivity contribution < 1.29 is 4.39 Å². The molecule has 0 radical (unpaired) electrons. The number of nitrogens with one attached hydrogen (secondary N) is 3. The van der Waals surface area contributed by atoms with Crippen molar-refractivity contribution in [3.63, 3.8) is 0 Å². The fourth-order valence-electron chi connectivity index (χ4n) is 3.93. The number of aliphatic imine (C=N–C) groups is 1. The molecule has 0 aromatic carbocycles. The number of unbranched alkanes of at least 4 members (excludes halogenated alkanes) is 1. The Morgan fingerprint density at radius 2 is 2.03 bits per heavy atom. The van der Waals surface area contributed by atoms with Crippen LogP contribution in [0.25, 0.3) is 0 Å². The average Bonchev–Trinajstić information content (AvgIpc) is 2.95. The van der Waals surface area contributed by atoms with Crippen molar-refractivity contribution in [1.82, 2.24) is 15.6 Å². The van der Waals surface area contributed by atoms with Crippen molar-refractivity contribution in [3.8, 4) is 6.07 Å². The molecule has 0 saturated carbocycles. The lowest BCUT2D eigenvalue weighted by Crippen LogP contribution is -2.28. The number of pyridine rings is 1. The Morgan fingerprint density at radius 3 is 2.64 bits per heavy atom. The van der Waals surface area contributed by atoms with Crippen LogP contribution in [-0.4, -0.2) is 37.0 Å². The van der Waals surface area contributed by atoms with Crippen LogP contribution in [-0.2, 0) is 0 Å². The zero-order valence-electron chi connectivity index (χ0n) is 22.8. The van der Waals surface area contributed by atoms with Gasteiger partial charge in [0.25, 0.3) is 0 Å². The second-order valence-corrected chi connectivity index (χ2v) is 10.3. The highest BCUT2D eigenvalue weighted by molar-refractivity contribution is 5.98. The maximum atomic E-state index is 14.9. The lowest BCUT2D eigenvalue weighted by atomic mass is 9.91. The van der Waals surface area contributed by atoms with E-state index < -0.39 is 0 Å². The first-order valence-corrected chi connectivity index (χ1v) is 12.8. The monoisotopic (exact) mass is 495 g/mol. The molecule has 8 heteroatoms. The Kier molecular flexibility index (Phi) is 11.0. The van der Waals surface area contributed by atoms with Crippen molar-refractivity contribution >= 4 is 17.3 Å². The van der Waals surface area contributed by atoms with Gasteiger partial charge in [0.2, 0.25) is 0 Å². The van der Waals surface area contributed by atoms with E-state index >= 15 is 0 Å². The molecule has 1 aromatic rings. The van der Waals surface area contributed by atoms with Gasteiger partial charge in [0, 0.05) is 49.9 Å². The summed E-state index contributed by atoms with van der Waals surface area (Å²) >= 11 is 0. The number of nitriles is 1. The van der Waals surface area contributed by atoms with Gasteiger partial charge >= 0.3 is 0 Å². The molecule has 3 N–H and O–H groups in total. The number of allylic oxidation sites excluding steroid dienone is 3. The van der Waals surface area contributed by atoms with Gasteiger partial charge < -0.3 is 20.9 Å². The van der Waals surface area contributed by atoms with Gasteiger partial charge in [-0.15, -0.1) is 0 Å². The van der Waals surface area contributed by atoms with E-state index in [2.05, 4.69) is 61.3 Å². The highest BCUT2D eigenvalue weighted by Gasteiger charge is 2.16. The van der Waals surface area contributed by atoms with Gasteiger partial charge in [-0.25, -0.2) is 14.4 Å². The third kappa shape index (κ3) is 9.37. The first-order valence-electron chi connectivity index (χ1n) is 12.8. The second kappa shape index (κ2) is 13.7. The van der Waals surface area contributed by atoms with Gasteiger partial charge in [-0.3, -0.25) is 0 Å². The van der Waals surface area contributed by atoms with E-state index in [4.69, 9.17) is 4.99 Å². The topological polar surface area (TPSA) is 88.4 Å². The van der Waals surface area contributed by atoms with Crippen LogP contribution in [0.2, 0.25) is 0 Å². The van der Waals surface area contributed by atoms with E-state index in [1.807, 2.05) is 24.8 Å². The molecule has 0 aliphatic carbocycles. The Bertz CT molecular complexity index is 1040. The van der Waals surface area contributed by atoms with Gasteiger partial charge in [-0.05, 0) is 43.8 Å². The summed E-state index contributed by atoms with van der Waals surface area (Å²) in [6.45, 7) is 19.5. The van der Waals surface area contributed by atoms with Crippen LogP contribution in [0.1, 0.15) is 67.2 Å². The molecule has 0 saturated heterocycles. The van der Waals surface area contributed by atoms with E-state index in [1.54, 1.807) is 6.20 Å². The molecule has 196 valence electrons. The van der Waals surface area contributed by atoms with E-state index in [9.17, 15) is 9.65 Å². The number of nitrogens with zero attached hydrogens (tertiary/aromatic N) is 4.